The van der Waals surface area contributed by atoms with Gasteiger partial charge in [0.1, 0.15) is 5.69 Å². The number of rotatable bonds is 4. The van der Waals surface area contributed by atoms with Gasteiger partial charge in [-0.15, -0.1) is 11.6 Å². The first-order valence-corrected chi connectivity index (χ1v) is 12.7. The number of pyridine rings is 1. The lowest BCUT2D eigenvalue weighted by atomic mass is 9.88. The third-order valence-corrected chi connectivity index (χ3v) is 8.41. The zero-order valence-electron chi connectivity index (χ0n) is 20.0. The lowest BCUT2D eigenvalue weighted by molar-refractivity contribution is -0.141. The Morgan fingerprint density at radius 3 is 2.47 bits per heavy atom. The number of hydrogen-bond acceptors (Lipinski definition) is 4. The van der Waals surface area contributed by atoms with Crippen molar-refractivity contribution >= 4 is 40.0 Å². The molecule has 0 bridgehead atoms. The summed E-state index contributed by atoms with van der Waals surface area (Å²) in [5.41, 5.74) is 1.07. The number of hydrogen-bond donors (Lipinski definition) is 0. The van der Waals surface area contributed by atoms with Gasteiger partial charge in [-0.05, 0) is 31.6 Å². The molecule has 2 aliphatic heterocycles. The summed E-state index contributed by atoms with van der Waals surface area (Å²) in [7, 11) is 1.72. The molecule has 2 saturated heterocycles. The van der Waals surface area contributed by atoms with Gasteiger partial charge in [0.15, 0.2) is 0 Å². The van der Waals surface area contributed by atoms with E-state index in [1.807, 2.05) is 11.0 Å². The maximum Gasteiger partial charge on any atom is 0.433 e. The third kappa shape index (κ3) is 4.66. The van der Waals surface area contributed by atoms with Crippen LogP contribution >= 0.6 is 23.2 Å². The van der Waals surface area contributed by atoms with Gasteiger partial charge >= 0.3 is 6.18 Å². The molecule has 1 amide bonds. The van der Waals surface area contributed by atoms with Crippen molar-refractivity contribution in [2.45, 2.75) is 30.9 Å². The maximum absolute atomic E-state index is 13.3. The van der Waals surface area contributed by atoms with Crippen LogP contribution in [0.4, 0.5) is 13.2 Å². The Kier molecular flexibility index (Phi) is 6.87. The van der Waals surface area contributed by atoms with Crippen molar-refractivity contribution in [3.05, 3.63) is 52.0 Å². The van der Waals surface area contributed by atoms with E-state index >= 15 is 0 Å². The quantitative estimate of drug-likeness (QED) is 0.541. The van der Waals surface area contributed by atoms with Gasteiger partial charge < -0.3 is 14.2 Å². The summed E-state index contributed by atoms with van der Waals surface area (Å²) >= 11 is 13.4. The maximum atomic E-state index is 13.3. The van der Waals surface area contributed by atoms with Gasteiger partial charge in [0.25, 0.3) is 5.91 Å². The van der Waals surface area contributed by atoms with E-state index in [9.17, 15) is 18.0 Å². The van der Waals surface area contributed by atoms with E-state index in [1.165, 1.54) is 0 Å². The molecule has 0 radical (unpaired) electrons. The highest BCUT2D eigenvalue weighted by Crippen LogP contribution is 2.38. The smallest absolute Gasteiger partial charge is 0.378 e. The van der Waals surface area contributed by atoms with Gasteiger partial charge in [-0.1, -0.05) is 17.7 Å². The van der Waals surface area contributed by atoms with Crippen LogP contribution in [0.2, 0.25) is 0 Å². The van der Waals surface area contributed by atoms with E-state index in [1.54, 1.807) is 30.7 Å². The molecular weight excluding hydrogens is 516 g/mol. The number of alkyl halides is 4. The van der Waals surface area contributed by atoms with Crippen molar-refractivity contribution in [3.8, 4) is 0 Å². The van der Waals surface area contributed by atoms with Gasteiger partial charge in [0.2, 0.25) is 0 Å². The molecule has 0 N–H and O–H groups in total. The highest BCUT2D eigenvalue weighted by atomic mass is 35.5. The monoisotopic (exact) mass is 542 g/mol. The number of carbonyl (C=O) groups is 1. The molecule has 2 fully saturated rings. The van der Waals surface area contributed by atoms with Gasteiger partial charge in [-0.25, -0.2) is 4.98 Å². The number of aryl methyl sites for hydroxylation is 2. The Balaban J connectivity index is 1.33. The van der Waals surface area contributed by atoms with Crippen LogP contribution in [-0.4, -0.2) is 76.1 Å². The molecule has 11 heteroatoms. The summed E-state index contributed by atoms with van der Waals surface area (Å²) in [4.78, 5) is 21.3. The largest absolute Gasteiger partial charge is 0.433 e. The molecule has 6 nitrogen and oxygen atoms in total. The van der Waals surface area contributed by atoms with Crippen molar-refractivity contribution in [1.29, 1.82) is 0 Å². The SMILES string of the molecule is Cc1nc(C(F)(F)F)cc2c1cc(CC1C(Cl)=CC=C(C(=O)N3CCN(C4COC4)CC3)C1Cl)n2C. The summed E-state index contributed by atoms with van der Waals surface area (Å²) in [5, 5.41) is 0.498. The highest BCUT2D eigenvalue weighted by molar-refractivity contribution is 6.33. The first kappa shape index (κ1) is 25.6. The number of halogens is 5. The van der Waals surface area contributed by atoms with Crippen LogP contribution < -0.4 is 0 Å². The molecule has 0 aromatic carbocycles. The number of piperazine rings is 1. The van der Waals surface area contributed by atoms with E-state index in [2.05, 4.69) is 9.88 Å². The van der Waals surface area contributed by atoms with Crippen LogP contribution in [0.5, 0.6) is 0 Å². The summed E-state index contributed by atoms with van der Waals surface area (Å²) in [5.74, 6) is -0.485. The number of allylic oxidation sites excluding steroid dienone is 3. The first-order chi connectivity index (χ1) is 17.0. The van der Waals surface area contributed by atoms with Gasteiger partial charge in [-0.2, -0.15) is 13.2 Å². The second kappa shape index (κ2) is 9.67. The predicted molar refractivity (Wildman–Crippen MR) is 132 cm³/mol. The van der Waals surface area contributed by atoms with Crippen molar-refractivity contribution in [3.63, 3.8) is 0 Å². The third-order valence-electron chi connectivity index (χ3n) is 7.46. The van der Waals surface area contributed by atoms with E-state index < -0.39 is 17.2 Å². The molecule has 36 heavy (non-hydrogen) atoms. The van der Waals surface area contributed by atoms with Crippen LogP contribution in [-0.2, 0) is 29.2 Å². The predicted octanol–water partition coefficient (Wildman–Crippen LogP) is 4.27. The Morgan fingerprint density at radius 1 is 1.17 bits per heavy atom. The molecule has 2 aromatic heterocycles. The van der Waals surface area contributed by atoms with Crippen molar-refractivity contribution in [2.24, 2.45) is 13.0 Å². The molecule has 5 rings (SSSR count). The number of nitrogens with zero attached hydrogens (tertiary/aromatic N) is 4. The van der Waals surface area contributed by atoms with Crippen molar-refractivity contribution in [1.82, 2.24) is 19.4 Å². The molecule has 2 unspecified atom stereocenters. The molecular formula is C25H27Cl2F3N4O2. The fourth-order valence-corrected chi connectivity index (χ4v) is 5.87. The minimum Gasteiger partial charge on any atom is -0.378 e. The van der Waals surface area contributed by atoms with Gasteiger partial charge in [0, 0.05) is 66.5 Å². The van der Waals surface area contributed by atoms with Crippen LogP contribution in [0.1, 0.15) is 17.1 Å². The van der Waals surface area contributed by atoms with E-state index in [0.717, 1.165) is 38.1 Å². The lowest BCUT2D eigenvalue weighted by Crippen LogP contribution is -2.57. The van der Waals surface area contributed by atoms with Gasteiger partial charge in [0.05, 0.1) is 30.1 Å². The fourth-order valence-electron chi connectivity index (χ4n) is 5.14. The molecule has 4 heterocycles. The van der Waals surface area contributed by atoms with Crippen molar-refractivity contribution < 1.29 is 22.7 Å². The Bertz CT molecular complexity index is 1240. The van der Waals surface area contributed by atoms with E-state index in [0.29, 0.717) is 52.8 Å². The second-order valence-corrected chi connectivity index (χ2v) is 10.5. The molecule has 1 aliphatic carbocycles. The summed E-state index contributed by atoms with van der Waals surface area (Å²) < 4.78 is 46.9. The van der Waals surface area contributed by atoms with Gasteiger partial charge in [-0.3, -0.25) is 9.69 Å². The summed E-state index contributed by atoms with van der Waals surface area (Å²) in [6.45, 7) is 5.89. The topological polar surface area (TPSA) is 50.6 Å². The number of ether oxygens (including phenoxy) is 1. The first-order valence-electron chi connectivity index (χ1n) is 11.9. The van der Waals surface area contributed by atoms with Crippen LogP contribution in [0.25, 0.3) is 10.9 Å². The normalized spacial score (nSPS) is 24.0. The van der Waals surface area contributed by atoms with Crippen LogP contribution in [0.15, 0.2) is 34.9 Å². The minimum absolute atomic E-state index is 0.100. The van der Waals surface area contributed by atoms with Crippen molar-refractivity contribution in [2.75, 3.05) is 39.4 Å². The average Bonchev–Trinajstić information content (AvgIpc) is 3.11. The number of carbonyl (C=O) groups excluding carboxylic acids is 1. The molecule has 0 spiro atoms. The Morgan fingerprint density at radius 2 is 1.86 bits per heavy atom. The average molecular weight is 543 g/mol. The fraction of sp³-hybridized carbons (Fsp3) is 0.520. The second-order valence-electron chi connectivity index (χ2n) is 9.62. The van der Waals surface area contributed by atoms with Crippen LogP contribution in [0, 0.1) is 12.8 Å². The number of amides is 1. The molecule has 2 aromatic rings. The summed E-state index contributed by atoms with van der Waals surface area (Å²) in [6, 6.07) is 3.33. The highest BCUT2D eigenvalue weighted by Gasteiger charge is 2.37. The number of fused-ring (bicyclic) bond motifs is 1. The Labute approximate surface area is 217 Å². The van der Waals surface area contributed by atoms with E-state index in [4.69, 9.17) is 27.9 Å². The summed E-state index contributed by atoms with van der Waals surface area (Å²) in [6.07, 6.45) is -0.763. The Hall–Kier alpha value is -2.07. The molecule has 194 valence electrons. The standard InChI is InChI=1S/C25H27Cl2F3N4O2/c1-14-18-9-15(32(2)21(18)11-22(31-14)25(28,29)30)10-19-20(26)4-3-17(23(19)27)24(35)34-7-5-33(6-8-34)16-12-36-13-16/h3-4,9,11,16,19,23H,5-8,10,12-13H2,1-2H3. The zero-order chi connectivity index (χ0) is 25.8. The zero-order valence-corrected chi connectivity index (χ0v) is 21.5. The molecule has 3 aliphatic rings. The van der Waals surface area contributed by atoms with E-state index in [-0.39, 0.29) is 11.8 Å². The minimum atomic E-state index is -4.53. The number of aromatic nitrogens is 2. The molecule has 0 saturated carbocycles. The lowest BCUT2D eigenvalue weighted by Gasteiger charge is -2.43. The van der Waals surface area contributed by atoms with Crippen LogP contribution in [0.3, 0.4) is 0 Å². The molecule has 2 atom stereocenters.